The summed E-state index contributed by atoms with van der Waals surface area (Å²) in [6, 6.07) is 15.5. The Labute approximate surface area is 195 Å². The highest BCUT2D eigenvalue weighted by molar-refractivity contribution is 9.10. The molecule has 2 aromatic carbocycles. The predicted octanol–water partition coefficient (Wildman–Crippen LogP) is 5.24. The van der Waals surface area contributed by atoms with Crippen molar-refractivity contribution in [3.63, 3.8) is 0 Å². The molecule has 1 aliphatic carbocycles. The number of ether oxygens (including phenoxy) is 3. The molecule has 0 amide bonds. The number of halogens is 1. The summed E-state index contributed by atoms with van der Waals surface area (Å²) >= 11 is 3.43. The topological polar surface area (TPSA) is 94.6 Å². The standard InChI is InChI=1S/C25H23BrN2O4/c1-2-30-22-12-16(8-11-20(22)31-14-15-6-9-17(26)10-7-15)23-18(13-27)25(28)32-21-5-3-4-19(29)24(21)23/h6-12,23H,2-5,14,28H2,1H3/t23-/m1/s1. The Morgan fingerprint density at radius 1 is 1.16 bits per heavy atom. The summed E-state index contributed by atoms with van der Waals surface area (Å²) in [5.74, 6) is 1.18. The van der Waals surface area contributed by atoms with Gasteiger partial charge in [-0.3, -0.25) is 4.79 Å². The Hall–Kier alpha value is -3.24. The zero-order valence-electron chi connectivity index (χ0n) is 17.7. The summed E-state index contributed by atoms with van der Waals surface area (Å²) in [6.45, 7) is 2.72. The van der Waals surface area contributed by atoms with Crippen molar-refractivity contribution in [3.8, 4) is 17.6 Å². The molecule has 4 rings (SSSR count). The van der Waals surface area contributed by atoms with E-state index in [-0.39, 0.29) is 17.2 Å². The van der Waals surface area contributed by atoms with Gasteiger partial charge in [0.2, 0.25) is 5.88 Å². The van der Waals surface area contributed by atoms with Crippen LogP contribution < -0.4 is 15.2 Å². The zero-order chi connectivity index (χ0) is 22.7. The van der Waals surface area contributed by atoms with Crippen molar-refractivity contribution < 1.29 is 19.0 Å². The van der Waals surface area contributed by atoms with E-state index < -0.39 is 5.92 Å². The van der Waals surface area contributed by atoms with Gasteiger partial charge in [0.05, 0.1) is 12.5 Å². The first kappa shape index (κ1) is 22.0. The summed E-state index contributed by atoms with van der Waals surface area (Å²) in [5, 5.41) is 9.77. The molecule has 0 aromatic heterocycles. The van der Waals surface area contributed by atoms with Gasteiger partial charge in [0.25, 0.3) is 0 Å². The van der Waals surface area contributed by atoms with Crippen LogP contribution >= 0.6 is 15.9 Å². The van der Waals surface area contributed by atoms with Gasteiger partial charge < -0.3 is 19.9 Å². The largest absolute Gasteiger partial charge is 0.490 e. The summed E-state index contributed by atoms with van der Waals surface area (Å²) in [6.07, 6.45) is 1.78. The average molecular weight is 495 g/mol. The molecule has 6 nitrogen and oxygen atoms in total. The molecule has 0 radical (unpaired) electrons. The normalized spacial score (nSPS) is 18.0. The number of carbonyl (C=O) groups excluding carboxylic acids is 1. The lowest BCUT2D eigenvalue weighted by Gasteiger charge is -2.31. The van der Waals surface area contributed by atoms with Crippen LogP contribution in [0, 0.1) is 11.3 Å². The van der Waals surface area contributed by atoms with Crippen LogP contribution in [0.1, 0.15) is 43.2 Å². The first-order valence-corrected chi connectivity index (χ1v) is 11.3. The Morgan fingerprint density at radius 3 is 2.66 bits per heavy atom. The highest BCUT2D eigenvalue weighted by atomic mass is 79.9. The molecule has 2 aliphatic rings. The SMILES string of the molecule is CCOc1cc([C@@H]2C(C#N)=C(N)OC3=C2C(=O)CCC3)ccc1OCc1ccc(Br)cc1. The minimum Gasteiger partial charge on any atom is -0.490 e. The van der Waals surface area contributed by atoms with Crippen LogP contribution in [0.4, 0.5) is 0 Å². The van der Waals surface area contributed by atoms with Crippen molar-refractivity contribution in [3.05, 3.63) is 80.9 Å². The fourth-order valence-electron chi connectivity index (χ4n) is 4.02. The van der Waals surface area contributed by atoms with E-state index in [1.807, 2.05) is 49.4 Å². The molecule has 164 valence electrons. The van der Waals surface area contributed by atoms with E-state index in [1.54, 1.807) is 0 Å². The highest BCUT2D eigenvalue weighted by Gasteiger charge is 2.38. The first-order valence-electron chi connectivity index (χ1n) is 10.5. The Morgan fingerprint density at radius 2 is 1.94 bits per heavy atom. The molecule has 32 heavy (non-hydrogen) atoms. The van der Waals surface area contributed by atoms with Crippen molar-refractivity contribution >= 4 is 21.7 Å². The number of hydrogen-bond acceptors (Lipinski definition) is 6. The number of carbonyl (C=O) groups is 1. The molecular weight excluding hydrogens is 472 g/mol. The monoisotopic (exact) mass is 494 g/mol. The van der Waals surface area contributed by atoms with Crippen LogP contribution in [0.3, 0.4) is 0 Å². The first-order chi connectivity index (χ1) is 15.5. The second kappa shape index (κ2) is 9.49. The zero-order valence-corrected chi connectivity index (χ0v) is 19.3. The number of benzene rings is 2. The van der Waals surface area contributed by atoms with Gasteiger partial charge in [0.1, 0.15) is 24.0 Å². The van der Waals surface area contributed by atoms with Crippen LogP contribution in [0.25, 0.3) is 0 Å². The number of allylic oxidation sites excluding steroid dienone is 3. The molecular formula is C25H23BrN2O4. The number of hydrogen-bond donors (Lipinski definition) is 1. The molecule has 2 aromatic rings. The molecule has 0 spiro atoms. The van der Waals surface area contributed by atoms with Gasteiger partial charge in [0.15, 0.2) is 17.3 Å². The Balaban J connectivity index is 1.69. The van der Waals surface area contributed by atoms with Gasteiger partial charge in [-0.1, -0.05) is 34.1 Å². The number of Topliss-reactive ketones (excluding diaryl/α,β-unsaturated/α-hetero) is 1. The fraction of sp³-hybridized carbons (Fsp3) is 0.280. The van der Waals surface area contributed by atoms with Crippen LogP contribution in [-0.2, 0) is 16.1 Å². The smallest absolute Gasteiger partial charge is 0.205 e. The third-order valence-electron chi connectivity index (χ3n) is 5.51. The third-order valence-corrected chi connectivity index (χ3v) is 6.04. The van der Waals surface area contributed by atoms with Gasteiger partial charge in [0, 0.05) is 22.9 Å². The van der Waals surface area contributed by atoms with E-state index in [4.69, 9.17) is 19.9 Å². The molecule has 7 heteroatoms. The summed E-state index contributed by atoms with van der Waals surface area (Å²) < 4.78 is 18.5. The van der Waals surface area contributed by atoms with Gasteiger partial charge in [-0.25, -0.2) is 0 Å². The molecule has 1 aliphatic heterocycles. The number of nitrogens with two attached hydrogens (primary N) is 1. The summed E-state index contributed by atoms with van der Waals surface area (Å²) in [7, 11) is 0. The van der Waals surface area contributed by atoms with E-state index in [9.17, 15) is 10.1 Å². The molecule has 2 N–H and O–H groups in total. The van der Waals surface area contributed by atoms with Crippen LogP contribution in [-0.4, -0.2) is 12.4 Å². The van der Waals surface area contributed by atoms with Gasteiger partial charge in [-0.2, -0.15) is 5.26 Å². The fourth-order valence-corrected chi connectivity index (χ4v) is 4.29. The lowest BCUT2D eigenvalue weighted by molar-refractivity contribution is -0.116. The lowest BCUT2D eigenvalue weighted by atomic mass is 9.77. The van der Waals surface area contributed by atoms with Crippen molar-refractivity contribution in [2.75, 3.05) is 6.61 Å². The second-order valence-corrected chi connectivity index (χ2v) is 8.51. The number of ketones is 1. The van der Waals surface area contributed by atoms with Crippen molar-refractivity contribution in [1.29, 1.82) is 5.26 Å². The third kappa shape index (κ3) is 4.37. The lowest BCUT2D eigenvalue weighted by Crippen LogP contribution is -2.27. The number of nitrogens with zero attached hydrogens (tertiary/aromatic N) is 1. The number of rotatable bonds is 6. The van der Waals surface area contributed by atoms with Gasteiger partial charge in [-0.05, 0) is 48.7 Å². The van der Waals surface area contributed by atoms with Gasteiger partial charge in [-0.15, -0.1) is 0 Å². The second-order valence-electron chi connectivity index (χ2n) is 7.59. The number of nitriles is 1. The molecule has 0 bridgehead atoms. The van der Waals surface area contributed by atoms with E-state index in [0.29, 0.717) is 55.3 Å². The molecule has 0 saturated carbocycles. The maximum absolute atomic E-state index is 12.8. The highest BCUT2D eigenvalue weighted by Crippen LogP contribution is 2.45. The summed E-state index contributed by atoms with van der Waals surface area (Å²) in [4.78, 5) is 12.8. The minimum atomic E-state index is -0.573. The van der Waals surface area contributed by atoms with Crippen LogP contribution in [0.15, 0.2) is 69.7 Å². The van der Waals surface area contributed by atoms with Crippen molar-refractivity contribution in [2.45, 2.75) is 38.7 Å². The van der Waals surface area contributed by atoms with E-state index in [1.165, 1.54) is 0 Å². The molecule has 1 atom stereocenters. The molecule has 0 fully saturated rings. The van der Waals surface area contributed by atoms with Gasteiger partial charge >= 0.3 is 0 Å². The van der Waals surface area contributed by atoms with E-state index >= 15 is 0 Å². The minimum absolute atomic E-state index is 0.00924. The molecule has 0 unspecified atom stereocenters. The maximum atomic E-state index is 12.8. The maximum Gasteiger partial charge on any atom is 0.205 e. The van der Waals surface area contributed by atoms with Crippen molar-refractivity contribution in [1.82, 2.24) is 0 Å². The van der Waals surface area contributed by atoms with Crippen LogP contribution in [0.2, 0.25) is 0 Å². The Kier molecular flexibility index (Phi) is 6.52. The predicted molar refractivity (Wildman–Crippen MR) is 123 cm³/mol. The van der Waals surface area contributed by atoms with Crippen LogP contribution in [0.5, 0.6) is 11.5 Å². The van der Waals surface area contributed by atoms with E-state index in [2.05, 4.69) is 22.0 Å². The Bertz CT molecular complexity index is 1150. The quantitative estimate of drug-likeness (QED) is 0.589. The molecule has 1 heterocycles. The van der Waals surface area contributed by atoms with Crippen molar-refractivity contribution in [2.24, 2.45) is 5.73 Å². The van der Waals surface area contributed by atoms with E-state index in [0.717, 1.165) is 15.6 Å². The molecule has 0 saturated heterocycles. The summed E-state index contributed by atoms with van der Waals surface area (Å²) in [5.41, 5.74) is 8.58. The average Bonchev–Trinajstić information content (AvgIpc) is 2.79.